The Morgan fingerprint density at radius 2 is 1.70 bits per heavy atom. The summed E-state index contributed by atoms with van der Waals surface area (Å²) in [5.41, 5.74) is 4.03. The zero-order valence-corrected chi connectivity index (χ0v) is 20.0. The fraction of sp³-hybridized carbons (Fsp3) is 0.429. The minimum Gasteiger partial charge on any atom is -0.491 e. The van der Waals surface area contributed by atoms with E-state index in [-0.39, 0.29) is 17.9 Å². The molecule has 0 unspecified atom stereocenters. The summed E-state index contributed by atoms with van der Waals surface area (Å²) in [5, 5.41) is 0. The highest BCUT2D eigenvalue weighted by atomic mass is 16.5. The number of hydrogen-bond acceptors (Lipinski definition) is 4. The van der Waals surface area contributed by atoms with Crippen molar-refractivity contribution in [1.82, 2.24) is 4.90 Å². The highest BCUT2D eigenvalue weighted by Crippen LogP contribution is 2.38. The third-order valence-corrected chi connectivity index (χ3v) is 6.27. The Morgan fingerprint density at radius 3 is 2.42 bits per heavy atom. The molecule has 2 amide bonds. The van der Waals surface area contributed by atoms with E-state index in [4.69, 9.17) is 4.74 Å². The van der Waals surface area contributed by atoms with Gasteiger partial charge in [0.15, 0.2) is 0 Å². The lowest BCUT2D eigenvalue weighted by molar-refractivity contribution is -0.137. The number of anilines is 1. The van der Waals surface area contributed by atoms with E-state index >= 15 is 0 Å². The summed E-state index contributed by atoms with van der Waals surface area (Å²) in [4.78, 5) is 30.8. The van der Waals surface area contributed by atoms with E-state index in [1.165, 1.54) is 10.5 Å². The topological polar surface area (TPSA) is 49.9 Å². The van der Waals surface area contributed by atoms with Crippen LogP contribution in [0.4, 0.5) is 5.69 Å². The maximum atomic E-state index is 13.7. The second kappa shape index (κ2) is 10.2. The quantitative estimate of drug-likeness (QED) is 0.372. The lowest BCUT2D eigenvalue weighted by Crippen LogP contribution is -2.37. The van der Waals surface area contributed by atoms with Gasteiger partial charge in [0, 0.05) is 18.8 Å². The van der Waals surface area contributed by atoms with Gasteiger partial charge in [-0.2, -0.15) is 0 Å². The summed E-state index contributed by atoms with van der Waals surface area (Å²) in [6.07, 6.45) is 6.09. The van der Waals surface area contributed by atoms with Gasteiger partial charge in [0.25, 0.3) is 11.8 Å². The fourth-order valence-electron chi connectivity index (χ4n) is 4.71. The maximum Gasteiger partial charge on any atom is 0.278 e. The van der Waals surface area contributed by atoms with Crippen molar-refractivity contribution in [3.8, 4) is 5.75 Å². The van der Waals surface area contributed by atoms with E-state index in [1.54, 1.807) is 0 Å². The van der Waals surface area contributed by atoms with Crippen LogP contribution < -0.4 is 9.64 Å². The highest BCUT2D eigenvalue weighted by Gasteiger charge is 2.42. The average Bonchev–Trinajstić information content (AvgIpc) is 3.06. The van der Waals surface area contributed by atoms with E-state index in [2.05, 4.69) is 24.0 Å². The molecule has 0 saturated carbocycles. The van der Waals surface area contributed by atoms with Crippen LogP contribution in [0.3, 0.4) is 0 Å². The van der Waals surface area contributed by atoms with Crippen LogP contribution in [-0.4, -0.2) is 35.9 Å². The Labute approximate surface area is 197 Å². The van der Waals surface area contributed by atoms with Crippen LogP contribution in [0.15, 0.2) is 54.2 Å². The molecule has 4 rings (SSSR count). The Hall–Kier alpha value is -3.08. The second-order valence-electron chi connectivity index (χ2n) is 9.12. The summed E-state index contributed by atoms with van der Waals surface area (Å²) < 4.78 is 5.78. The van der Waals surface area contributed by atoms with Gasteiger partial charge >= 0.3 is 0 Å². The zero-order valence-electron chi connectivity index (χ0n) is 20.0. The average molecular weight is 447 g/mol. The van der Waals surface area contributed by atoms with E-state index < -0.39 is 0 Å². The van der Waals surface area contributed by atoms with Crippen LogP contribution in [0.5, 0.6) is 5.75 Å². The number of carbonyl (C=O) groups is 2. The molecule has 0 aromatic heterocycles. The van der Waals surface area contributed by atoms with Gasteiger partial charge in [0.1, 0.15) is 11.4 Å². The largest absolute Gasteiger partial charge is 0.491 e. The van der Waals surface area contributed by atoms with Crippen molar-refractivity contribution >= 4 is 23.1 Å². The molecule has 5 heteroatoms. The summed E-state index contributed by atoms with van der Waals surface area (Å²) >= 11 is 0. The first-order valence-electron chi connectivity index (χ1n) is 12.2. The molecule has 0 saturated heterocycles. The SMILES string of the molecule is CCCCCCN1C(=O)C(c2ccc(OC(C)C)cc2)=C(N2CCCc3ccccc32)C1=O. The van der Waals surface area contributed by atoms with Crippen LogP contribution >= 0.6 is 0 Å². The number of fused-ring (bicyclic) bond motifs is 1. The van der Waals surface area contributed by atoms with Crippen LogP contribution in [0, 0.1) is 0 Å². The summed E-state index contributed by atoms with van der Waals surface area (Å²) in [6, 6.07) is 15.8. The third kappa shape index (κ3) is 4.82. The van der Waals surface area contributed by atoms with Gasteiger partial charge in [0.05, 0.1) is 11.7 Å². The molecular formula is C28H34N2O3. The molecule has 2 aromatic rings. The number of unbranched alkanes of at least 4 members (excludes halogenated alkanes) is 3. The number of aryl methyl sites for hydroxylation is 1. The molecule has 0 bridgehead atoms. The van der Waals surface area contributed by atoms with Crippen LogP contribution in [-0.2, 0) is 16.0 Å². The molecule has 33 heavy (non-hydrogen) atoms. The Morgan fingerprint density at radius 1 is 0.939 bits per heavy atom. The van der Waals surface area contributed by atoms with Gasteiger partial charge in [-0.05, 0) is 62.4 Å². The number of amides is 2. The van der Waals surface area contributed by atoms with E-state index in [1.807, 2.05) is 50.2 Å². The van der Waals surface area contributed by atoms with Gasteiger partial charge in [-0.15, -0.1) is 0 Å². The Bertz CT molecular complexity index is 1040. The summed E-state index contributed by atoms with van der Waals surface area (Å²) in [7, 11) is 0. The molecule has 0 spiro atoms. The number of para-hydroxylation sites is 1. The summed E-state index contributed by atoms with van der Waals surface area (Å²) in [6.45, 7) is 7.32. The molecular weight excluding hydrogens is 412 g/mol. The minimum absolute atomic E-state index is 0.0729. The Kier molecular flexibility index (Phi) is 7.17. The van der Waals surface area contributed by atoms with Crippen molar-refractivity contribution in [2.24, 2.45) is 0 Å². The van der Waals surface area contributed by atoms with E-state index in [9.17, 15) is 9.59 Å². The molecule has 2 heterocycles. The third-order valence-electron chi connectivity index (χ3n) is 6.27. The van der Waals surface area contributed by atoms with Crippen molar-refractivity contribution < 1.29 is 14.3 Å². The number of rotatable bonds is 9. The predicted octanol–water partition coefficient (Wildman–Crippen LogP) is 5.59. The van der Waals surface area contributed by atoms with Crippen LogP contribution in [0.25, 0.3) is 5.57 Å². The van der Waals surface area contributed by atoms with E-state index in [0.29, 0.717) is 17.8 Å². The monoisotopic (exact) mass is 446 g/mol. The number of hydrogen-bond donors (Lipinski definition) is 0. The molecule has 0 atom stereocenters. The number of carbonyl (C=O) groups excluding carboxylic acids is 2. The molecule has 0 fully saturated rings. The maximum absolute atomic E-state index is 13.7. The van der Waals surface area contributed by atoms with Gasteiger partial charge in [-0.25, -0.2) is 0 Å². The summed E-state index contributed by atoms with van der Waals surface area (Å²) in [5.74, 6) is 0.394. The predicted molar refractivity (Wildman–Crippen MR) is 132 cm³/mol. The van der Waals surface area contributed by atoms with Gasteiger partial charge < -0.3 is 9.64 Å². The van der Waals surface area contributed by atoms with Gasteiger partial charge in [0.2, 0.25) is 0 Å². The van der Waals surface area contributed by atoms with Crippen LogP contribution in [0.1, 0.15) is 64.0 Å². The molecule has 5 nitrogen and oxygen atoms in total. The van der Waals surface area contributed by atoms with Crippen molar-refractivity contribution in [3.05, 3.63) is 65.4 Å². The van der Waals surface area contributed by atoms with Gasteiger partial charge in [-0.1, -0.05) is 56.5 Å². The smallest absolute Gasteiger partial charge is 0.278 e. The molecule has 0 N–H and O–H groups in total. The van der Waals surface area contributed by atoms with Gasteiger partial charge in [-0.3, -0.25) is 14.5 Å². The lowest BCUT2D eigenvalue weighted by Gasteiger charge is -2.32. The van der Waals surface area contributed by atoms with Crippen molar-refractivity contribution in [3.63, 3.8) is 0 Å². The number of imide groups is 1. The second-order valence-corrected chi connectivity index (χ2v) is 9.12. The first-order valence-corrected chi connectivity index (χ1v) is 12.2. The van der Waals surface area contributed by atoms with Crippen molar-refractivity contribution in [1.29, 1.82) is 0 Å². The number of ether oxygens (including phenoxy) is 1. The minimum atomic E-state index is -0.188. The molecule has 2 aliphatic rings. The highest BCUT2D eigenvalue weighted by molar-refractivity contribution is 6.36. The molecule has 0 aliphatic carbocycles. The zero-order chi connectivity index (χ0) is 23.4. The molecule has 2 aromatic carbocycles. The molecule has 0 radical (unpaired) electrons. The lowest BCUT2D eigenvalue weighted by atomic mass is 9.98. The number of benzene rings is 2. The van der Waals surface area contributed by atoms with Crippen molar-refractivity contribution in [2.45, 2.75) is 65.4 Å². The Balaban J connectivity index is 1.73. The van der Waals surface area contributed by atoms with E-state index in [0.717, 1.165) is 62.1 Å². The number of nitrogens with zero attached hydrogens (tertiary/aromatic N) is 2. The normalized spacial score (nSPS) is 16.1. The molecule has 2 aliphatic heterocycles. The van der Waals surface area contributed by atoms with Crippen LogP contribution in [0.2, 0.25) is 0 Å². The van der Waals surface area contributed by atoms with Crippen molar-refractivity contribution in [2.75, 3.05) is 18.0 Å². The standard InChI is InChI=1S/C28H34N2O3/c1-4-5-6-9-18-30-27(31)25(22-14-16-23(17-15-22)33-20(2)3)26(28(30)32)29-19-10-12-21-11-7-8-13-24(21)29/h7-8,11,13-17,20H,4-6,9-10,12,18-19H2,1-3H3. The first kappa shape index (κ1) is 23.1. The fourth-order valence-corrected chi connectivity index (χ4v) is 4.71. The first-order chi connectivity index (χ1) is 16.0. The molecule has 174 valence electrons.